The zero-order chi connectivity index (χ0) is 59.1. The van der Waals surface area contributed by atoms with Gasteiger partial charge in [-0.2, -0.15) is 12.6 Å². The number of carbonyl (C=O) groups excluding carboxylic acids is 1. The summed E-state index contributed by atoms with van der Waals surface area (Å²) in [5.74, 6) is 14.6. The topological polar surface area (TPSA) is 121 Å². The number of ether oxygens (including phenoxy) is 10. The van der Waals surface area contributed by atoms with Gasteiger partial charge in [-0.3, -0.25) is 4.79 Å². The van der Waals surface area contributed by atoms with Gasteiger partial charge in [0.2, 0.25) is 5.91 Å². The number of hydrogen-bond acceptors (Lipinski definition) is 12. The van der Waals surface area contributed by atoms with Crippen molar-refractivity contribution in [2.45, 2.75) is 222 Å². The molecule has 16 saturated carbocycles. The first-order valence-electron chi connectivity index (χ1n) is 35.6. The third-order valence-electron chi connectivity index (χ3n) is 24.1. The van der Waals surface area contributed by atoms with Gasteiger partial charge < -0.3 is 52.7 Å². The van der Waals surface area contributed by atoms with Gasteiger partial charge in [0.25, 0.3) is 0 Å². The molecule has 19 rings (SSSR count). The summed E-state index contributed by atoms with van der Waals surface area (Å²) in [6.45, 7) is 5.97. The molecule has 1 N–H and O–H groups in total. The third-order valence-corrected chi connectivity index (χ3v) is 24.3. The summed E-state index contributed by atoms with van der Waals surface area (Å²) in [6, 6.07) is 18.2. The maximum Gasteiger partial charge on any atom is 0.229 e. The number of nitrogens with one attached hydrogen (secondary N) is 1. The van der Waals surface area contributed by atoms with Gasteiger partial charge in [0, 0.05) is 50.4 Å². The zero-order valence-electron chi connectivity index (χ0n) is 52.8. The van der Waals surface area contributed by atoms with Crippen LogP contribution in [0.2, 0.25) is 0 Å². The first-order chi connectivity index (χ1) is 43.0. The molecule has 1 amide bonds. The molecule has 0 aromatic heterocycles. The number of thiol groups is 1. The monoisotopic (exact) mass is 1230 g/mol. The lowest BCUT2D eigenvalue weighted by molar-refractivity contribution is -0.163. The quantitative estimate of drug-likeness (QED) is 0.0448. The van der Waals surface area contributed by atoms with Crippen LogP contribution in [-0.2, 0) is 43.5 Å². The average Bonchev–Trinajstić information content (AvgIpc) is 0.967. The molecule has 0 spiro atoms. The van der Waals surface area contributed by atoms with Crippen LogP contribution in [-0.4, -0.2) is 86.9 Å². The fourth-order valence-electron chi connectivity index (χ4n) is 22.2. The van der Waals surface area contributed by atoms with E-state index in [1.165, 1.54) is 154 Å². The molecular weight excluding hydrogens is 1120 g/mol. The van der Waals surface area contributed by atoms with E-state index >= 15 is 0 Å². The summed E-state index contributed by atoms with van der Waals surface area (Å²) in [4.78, 5) is 12.5. The molecule has 0 radical (unpaired) electrons. The maximum absolute atomic E-state index is 12.5. The smallest absolute Gasteiger partial charge is 0.229 e. The number of hydrogen-bond donors (Lipinski definition) is 2. The Morgan fingerprint density at radius 2 is 0.557 bits per heavy atom. The molecule has 16 aliphatic rings. The third kappa shape index (κ3) is 14.5. The van der Waals surface area contributed by atoms with Gasteiger partial charge >= 0.3 is 0 Å². The summed E-state index contributed by atoms with van der Waals surface area (Å²) >= 11 is 4.24. The fourth-order valence-corrected chi connectivity index (χ4v) is 22.3. The minimum atomic E-state index is -0.150. The van der Waals surface area contributed by atoms with E-state index in [0.717, 1.165) is 163 Å². The standard InChI is InChI=1S/C75H103NO11S/c77-71(49-88)76-46-62-25-69(82-47-63-27-65(78-5-1-9-84-72-34-50-13-51(35-72)15-52(14-50)36-72)31-66(28-63)79-6-2-10-85-73-37-53-16-54(38-73)18-55(17-53)39-73)33-70(26-62)83-48-64-29-67(80-7-3-11-86-74-40-56-19-57(41-74)21-58(20-56)42-74)32-68(30-64)81-8-4-12-87-75-43-59-22-60(44-75)24-61(23-59)45-75/h25-33,50-61,88H,1-24,34-49H2,(H,76,77). The Balaban J connectivity index is 0.596. The van der Waals surface area contributed by atoms with E-state index in [1.807, 2.05) is 30.3 Å². The molecule has 13 heteroatoms. The lowest BCUT2D eigenvalue weighted by Crippen LogP contribution is -2.52. The van der Waals surface area contributed by atoms with E-state index in [9.17, 15) is 4.79 Å². The Morgan fingerprint density at radius 3 is 0.795 bits per heavy atom. The minimum absolute atomic E-state index is 0.0943. The van der Waals surface area contributed by atoms with E-state index in [2.05, 4.69) is 42.2 Å². The fraction of sp³-hybridized carbons (Fsp3) is 0.747. The van der Waals surface area contributed by atoms with Crippen molar-refractivity contribution in [3.05, 3.63) is 71.3 Å². The van der Waals surface area contributed by atoms with Gasteiger partial charge in [-0.05, 0) is 278 Å². The number of benzene rings is 3. The van der Waals surface area contributed by atoms with Crippen molar-refractivity contribution in [3.63, 3.8) is 0 Å². The Bertz CT molecular complexity index is 2430. The molecule has 0 unspecified atom stereocenters. The van der Waals surface area contributed by atoms with E-state index in [1.54, 1.807) is 0 Å². The van der Waals surface area contributed by atoms with Crippen LogP contribution >= 0.6 is 12.6 Å². The van der Waals surface area contributed by atoms with Crippen LogP contribution < -0.4 is 33.7 Å². The first kappa shape index (κ1) is 60.4. The maximum atomic E-state index is 12.5. The van der Waals surface area contributed by atoms with Gasteiger partial charge in [-0.15, -0.1) is 0 Å². The first-order valence-corrected chi connectivity index (χ1v) is 36.2. The summed E-state index contributed by atoms with van der Waals surface area (Å²) in [5, 5.41) is 3.00. The van der Waals surface area contributed by atoms with E-state index in [-0.39, 0.29) is 47.3 Å². The van der Waals surface area contributed by atoms with Crippen LogP contribution in [0, 0.1) is 71.0 Å². The van der Waals surface area contributed by atoms with Crippen molar-refractivity contribution < 1.29 is 52.2 Å². The molecule has 12 nitrogen and oxygen atoms in total. The molecule has 0 saturated heterocycles. The molecular formula is C75H103NO11S. The molecule has 0 heterocycles. The predicted molar refractivity (Wildman–Crippen MR) is 342 cm³/mol. The van der Waals surface area contributed by atoms with Crippen molar-refractivity contribution in [2.24, 2.45) is 71.0 Å². The van der Waals surface area contributed by atoms with E-state index in [4.69, 9.17) is 47.4 Å². The molecule has 88 heavy (non-hydrogen) atoms. The summed E-state index contributed by atoms with van der Waals surface area (Å²) < 4.78 is 66.6. The lowest BCUT2D eigenvalue weighted by Gasteiger charge is -2.56. The van der Waals surface area contributed by atoms with Crippen molar-refractivity contribution in [1.29, 1.82) is 0 Å². The van der Waals surface area contributed by atoms with Crippen LogP contribution in [0.5, 0.6) is 34.5 Å². The van der Waals surface area contributed by atoms with Crippen LogP contribution in [0.3, 0.4) is 0 Å². The van der Waals surface area contributed by atoms with Crippen molar-refractivity contribution in [2.75, 3.05) is 58.6 Å². The van der Waals surface area contributed by atoms with Crippen molar-refractivity contribution in [3.8, 4) is 34.5 Å². The highest BCUT2D eigenvalue weighted by molar-refractivity contribution is 7.81. The molecule has 16 aliphatic carbocycles. The van der Waals surface area contributed by atoms with Crippen LogP contribution in [0.25, 0.3) is 0 Å². The highest BCUT2D eigenvalue weighted by Crippen LogP contribution is 2.61. The van der Waals surface area contributed by atoms with Gasteiger partial charge in [0.05, 0.1) is 81.0 Å². The van der Waals surface area contributed by atoms with Crippen LogP contribution in [0.4, 0.5) is 0 Å². The van der Waals surface area contributed by atoms with Gasteiger partial charge in [0.1, 0.15) is 47.7 Å². The van der Waals surface area contributed by atoms with Crippen molar-refractivity contribution >= 4 is 18.5 Å². The molecule has 0 aliphatic heterocycles. The zero-order valence-corrected chi connectivity index (χ0v) is 53.7. The second-order valence-corrected chi connectivity index (χ2v) is 31.9. The summed E-state index contributed by atoms with van der Waals surface area (Å²) in [7, 11) is 0. The van der Waals surface area contributed by atoms with Crippen LogP contribution in [0.15, 0.2) is 54.6 Å². The Labute approximate surface area is 530 Å². The molecule has 0 atom stereocenters. The Hall–Kier alpha value is -3.88. The second-order valence-electron chi connectivity index (χ2n) is 31.6. The molecule has 3 aromatic carbocycles. The molecule has 16 fully saturated rings. The number of amides is 1. The van der Waals surface area contributed by atoms with Crippen LogP contribution in [0.1, 0.15) is 196 Å². The molecule has 3 aromatic rings. The number of rotatable bonds is 33. The van der Waals surface area contributed by atoms with Gasteiger partial charge in [-0.25, -0.2) is 0 Å². The highest BCUT2D eigenvalue weighted by atomic mass is 32.1. The highest BCUT2D eigenvalue weighted by Gasteiger charge is 2.55. The van der Waals surface area contributed by atoms with E-state index in [0.29, 0.717) is 44.5 Å². The Morgan fingerprint density at radius 1 is 0.330 bits per heavy atom. The Kier molecular flexibility index (Phi) is 18.0. The molecule has 480 valence electrons. The van der Waals surface area contributed by atoms with Gasteiger partial charge in [-0.1, -0.05) is 0 Å². The minimum Gasteiger partial charge on any atom is -0.493 e. The second kappa shape index (κ2) is 26.3. The largest absolute Gasteiger partial charge is 0.493 e. The normalized spacial score (nSPS) is 36.3. The predicted octanol–water partition coefficient (Wildman–Crippen LogP) is 15.4. The lowest BCUT2D eigenvalue weighted by atomic mass is 9.54. The molecule has 16 bridgehead atoms. The van der Waals surface area contributed by atoms with Crippen molar-refractivity contribution in [1.82, 2.24) is 5.32 Å². The average molecular weight is 1230 g/mol. The number of carbonyl (C=O) groups is 1. The van der Waals surface area contributed by atoms with Gasteiger partial charge in [0.15, 0.2) is 0 Å². The SMILES string of the molecule is O=C(CS)NCc1cc(OCc2cc(OCCCOC34CC5CC(CC(C5)C3)C4)cc(OCCCOC34CC5CC(CC(C5)C3)C4)c2)cc(OCc2cc(OCCCOC34CC5CC(CC(C5)C3)C4)cc(OCCCOC34CC5CC(CC(C5)C3)C4)c2)c1. The van der Waals surface area contributed by atoms with E-state index < -0.39 is 0 Å². The summed E-state index contributed by atoms with van der Waals surface area (Å²) in [6.07, 6.45) is 35.2. The summed E-state index contributed by atoms with van der Waals surface area (Å²) in [5.41, 5.74) is 3.09.